The van der Waals surface area contributed by atoms with Gasteiger partial charge in [-0.25, -0.2) is 9.59 Å². The number of carboxylic acids is 1. The van der Waals surface area contributed by atoms with Crippen LogP contribution in [0.15, 0.2) is 46.1 Å². The molecule has 0 unspecified atom stereocenters. The fourth-order valence-electron chi connectivity index (χ4n) is 2.50. The van der Waals surface area contributed by atoms with Crippen molar-refractivity contribution in [1.82, 2.24) is 19.8 Å². The summed E-state index contributed by atoms with van der Waals surface area (Å²) in [5.41, 5.74) is -0.312. The first-order valence-corrected chi connectivity index (χ1v) is 9.00. The molecule has 0 saturated heterocycles. The average Bonchev–Trinajstić information content (AvgIpc) is 2.70. The maximum absolute atomic E-state index is 12.4. The van der Waals surface area contributed by atoms with Gasteiger partial charge in [-0.2, -0.15) is 0 Å². The van der Waals surface area contributed by atoms with Crippen LogP contribution < -0.4 is 16.6 Å². The number of carbonyl (C=O) groups excluding carboxylic acids is 2. The molecule has 0 aliphatic heterocycles. The van der Waals surface area contributed by atoms with Crippen LogP contribution in [0, 0.1) is 6.92 Å². The second-order valence-corrected chi connectivity index (χ2v) is 6.40. The lowest BCUT2D eigenvalue weighted by molar-refractivity contribution is -0.144. The molecule has 0 aliphatic carbocycles. The third kappa shape index (κ3) is 6.93. The summed E-state index contributed by atoms with van der Waals surface area (Å²) in [7, 11) is 0. The summed E-state index contributed by atoms with van der Waals surface area (Å²) in [4.78, 5) is 61.6. The number of ether oxygens (including phenoxy) is 1. The summed E-state index contributed by atoms with van der Waals surface area (Å²) in [6.45, 7) is 0.311. The summed E-state index contributed by atoms with van der Waals surface area (Å²) in [5.74, 6) is -1.91. The van der Waals surface area contributed by atoms with E-state index in [1.54, 1.807) is 24.3 Å². The molecule has 0 saturated carbocycles. The molecule has 11 heteroatoms. The van der Waals surface area contributed by atoms with Gasteiger partial charge in [0.05, 0.1) is 0 Å². The number of amides is 2. The highest BCUT2D eigenvalue weighted by molar-refractivity contribution is 5.81. The fraction of sp³-hybridized carbons (Fsp3) is 0.316. The van der Waals surface area contributed by atoms with E-state index in [1.807, 2.05) is 6.07 Å². The number of aromatic amines is 1. The standard InChI is InChI=1S/C19H22N4O7/c1-13-9-23(18(28)21-17(13)27)10-15(24)22(11-16(25)26)8-7-20-19(29)30-12-14-5-3-2-4-6-14/h2-6,9H,7-8,10-12H2,1H3,(H,20,29)(H,25,26)(H,21,27,28). The highest BCUT2D eigenvalue weighted by Crippen LogP contribution is 2.00. The number of carbonyl (C=O) groups is 3. The first-order chi connectivity index (χ1) is 14.3. The van der Waals surface area contributed by atoms with Gasteiger partial charge in [-0.1, -0.05) is 30.3 Å². The number of nitrogens with zero attached hydrogens (tertiary/aromatic N) is 2. The molecule has 0 bridgehead atoms. The molecule has 0 fully saturated rings. The van der Waals surface area contributed by atoms with Gasteiger partial charge in [0.1, 0.15) is 19.7 Å². The van der Waals surface area contributed by atoms with Crippen LogP contribution in [0.3, 0.4) is 0 Å². The number of aliphatic carboxylic acids is 1. The number of aryl methyl sites for hydroxylation is 1. The Labute approximate surface area is 170 Å². The van der Waals surface area contributed by atoms with Crippen molar-refractivity contribution < 1.29 is 24.2 Å². The molecule has 0 spiro atoms. The van der Waals surface area contributed by atoms with Crippen LogP contribution in [0.2, 0.25) is 0 Å². The van der Waals surface area contributed by atoms with Gasteiger partial charge >= 0.3 is 17.8 Å². The summed E-state index contributed by atoms with van der Waals surface area (Å²) in [5, 5.41) is 11.5. The molecule has 1 aromatic heterocycles. The SMILES string of the molecule is Cc1cn(CC(=O)N(CCNC(=O)OCc2ccccc2)CC(=O)O)c(=O)[nH]c1=O. The van der Waals surface area contributed by atoms with Crippen molar-refractivity contribution in [3.63, 3.8) is 0 Å². The van der Waals surface area contributed by atoms with Crippen LogP contribution in [0.5, 0.6) is 0 Å². The molecule has 160 valence electrons. The highest BCUT2D eigenvalue weighted by Gasteiger charge is 2.18. The van der Waals surface area contributed by atoms with Crippen LogP contribution in [-0.2, 0) is 27.5 Å². The zero-order valence-corrected chi connectivity index (χ0v) is 16.3. The third-order valence-electron chi connectivity index (χ3n) is 4.04. The Kier molecular flexibility index (Phi) is 7.91. The van der Waals surface area contributed by atoms with E-state index >= 15 is 0 Å². The molecule has 11 nitrogen and oxygen atoms in total. The minimum absolute atomic E-state index is 0.0494. The van der Waals surface area contributed by atoms with E-state index in [4.69, 9.17) is 9.84 Å². The van der Waals surface area contributed by atoms with Gasteiger partial charge in [0, 0.05) is 24.8 Å². The van der Waals surface area contributed by atoms with Crippen molar-refractivity contribution in [2.45, 2.75) is 20.1 Å². The lowest BCUT2D eigenvalue weighted by atomic mass is 10.2. The maximum Gasteiger partial charge on any atom is 0.407 e. The molecule has 0 aliphatic rings. The second kappa shape index (κ2) is 10.6. The van der Waals surface area contributed by atoms with Gasteiger partial charge in [0.15, 0.2) is 0 Å². The number of rotatable bonds is 9. The summed E-state index contributed by atoms with van der Waals surface area (Å²) >= 11 is 0. The largest absolute Gasteiger partial charge is 0.480 e. The van der Waals surface area contributed by atoms with Gasteiger partial charge in [-0.05, 0) is 12.5 Å². The van der Waals surface area contributed by atoms with Crippen LogP contribution in [-0.4, -0.2) is 57.2 Å². The van der Waals surface area contributed by atoms with E-state index in [2.05, 4.69) is 10.3 Å². The van der Waals surface area contributed by atoms with Gasteiger partial charge in [-0.3, -0.25) is 23.9 Å². The highest BCUT2D eigenvalue weighted by atomic mass is 16.5. The third-order valence-corrected chi connectivity index (χ3v) is 4.04. The summed E-state index contributed by atoms with van der Waals surface area (Å²) < 4.78 is 6.02. The predicted molar refractivity (Wildman–Crippen MR) is 105 cm³/mol. The number of hydrogen-bond donors (Lipinski definition) is 3. The number of hydrogen-bond acceptors (Lipinski definition) is 6. The molecule has 2 aromatic rings. The predicted octanol–water partition coefficient (Wildman–Crippen LogP) is -0.315. The Morgan fingerprint density at radius 1 is 1.20 bits per heavy atom. The first-order valence-electron chi connectivity index (χ1n) is 9.00. The number of aromatic nitrogens is 2. The normalized spacial score (nSPS) is 10.3. The zero-order valence-electron chi connectivity index (χ0n) is 16.3. The van der Waals surface area contributed by atoms with Gasteiger partial charge in [-0.15, -0.1) is 0 Å². The number of alkyl carbamates (subject to hydrolysis) is 1. The Balaban J connectivity index is 1.90. The Morgan fingerprint density at radius 3 is 2.57 bits per heavy atom. The Hall–Kier alpha value is -3.89. The maximum atomic E-state index is 12.4. The van der Waals surface area contributed by atoms with Crippen molar-refractivity contribution >= 4 is 18.0 Å². The molecular weight excluding hydrogens is 396 g/mol. The molecule has 1 aromatic carbocycles. The Morgan fingerprint density at radius 2 is 1.90 bits per heavy atom. The van der Waals surface area contributed by atoms with E-state index in [1.165, 1.54) is 13.1 Å². The van der Waals surface area contributed by atoms with Crippen molar-refractivity contribution in [2.24, 2.45) is 0 Å². The zero-order chi connectivity index (χ0) is 22.1. The molecule has 2 rings (SSSR count). The van der Waals surface area contributed by atoms with E-state index in [0.29, 0.717) is 0 Å². The van der Waals surface area contributed by atoms with Crippen LogP contribution in [0.25, 0.3) is 0 Å². The van der Waals surface area contributed by atoms with E-state index < -0.39 is 42.3 Å². The van der Waals surface area contributed by atoms with E-state index in [-0.39, 0.29) is 25.3 Å². The summed E-state index contributed by atoms with van der Waals surface area (Å²) in [6.07, 6.45) is 0.506. The van der Waals surface area contributed by atoms with Crippen molar-refractivity contribution in [3.8, 4) is 0 Å². The Bertz CT molecular complexity index is 1010. The number of H-pyrrole nitrogens is 1. The van der Waals surface area contributed by atoms with Gasteiger partial charge < -0.3 is 20.1 Å². The molecule has 30 heavy (non-hydrogen) atoms. The van der Waals surface area contributed by atoms with E-state index in [0.717, 1.165) is 15.0 Å². The van der Waals surface area contributed by atoms with E-state index in [9.17, 15) is 24.0 Å². The quantitative estimate of drug-likeness (QED) is 0.505. The number of nitrogens with one attached hydrogen (secondary N) is 2. The smallest absolute Gasteiger partial charge is 0.407 e. The topological polar surface area (TPSA) is 151 Å². The van der Waals surface area contributed by atoms with Crippen molar-refractivity contribution in [1.29, 1.82) is 0 Å². The van der Waals surface area contributed by atoms with Gasteiger partial charge in [0.25, 0.3) is 5.56 Å². The van der Waals surface area contributed by atoms with Crippen molar-refractivity contribution in [3.05, 3.63) is 68.5 Å². The molecule has 0 radical (unpaired) electrons. The summed E-state index contributed by atoms with van der Waals surface area (Å²) in [6, 6.07) is 9.03. The second-order valence-electron chi connectivity index (χ2n) is 6.40. The lowest BCUT2D eigenvalue weighted by Crippen LogP contribution is -2.44. The fourth-order valence-corrected chi connectivity index (χ4v) is 2.50. The van der Waals surface area contributed by atoms with Crippen LogP contribution >= 0.6 is 0 Å². The molecule has 0 atom stereocenters. The lowest BCUT2D eigenvalue weighted by Gasteiger charge is -2.21. The number of carboxylic acid groups (broad SMARTS) is 1. The molecule has 2 amide bonds. The monoisotopic (exact) mass is 418 g/mol. The first kappa shape index (κ1) is 22.4. The molecule has 1 heterocycles. The van der Waals surface area contributed by atoms with Gasteiger partial charge in [0.2, 0.25) is 5.91 Å². The van der Waals surface area contributed by atoms with Crippen LogP contribution in [0.1, 0.15) is 11.1 Å². The molecular formula is C19H22N4O7. The average molecular weight is 418 g/mol. The molecule has 3 N–H and O–H groups in total. The minimum atomic E-state index is -1.25. The number of benzene rings is 1. The minimum Gasteiger partial charge on any atom is -0.480 e. The van der Waals surface area contributed by atoms with Crippen molar-refractivity contribution in [2.75, 3.05) is 19.6 Å². The van der Waals surface area contributed by atoms with Crippen LogP contribution in [0.4, 0.5) is 4.79 Å².